The van der Waals surface area contributed by atoms with Crippen molar-refractivity contribution >= 4 is 11.6 Å². The summed E-state index contributed by atoms with van der Waals surface area (Å²) in [5, 5.41) is 13.2. The first kappa shape index (κ1) is 14.5. The number of nitrogens with two attached hydrogens (primary N) is 1. The fraction of sp³-hybridized carbons (Fsp3) is 0.667. The van der Waals surface area contributed by atoms with Crippen LogP contribution in [0.3, 0.4) is 0 Å². The second-order valence-corrected chi connectivity index (χ2v) is 4.30. The van der Waals surface area contributed by atoms with Gasteiger partial charge in [-0.3, -0.25) is 9.48 Å². The van der Waals surface area contributed by atoms with Crippen molar-refractivity contribution in [2.75, 3.05) is 18.9 Å². The number of anilines is 1. The lowest BCUT2D eigenvalue weighted by Crippen LogP contribution is -2.42. The normalized spacial score (nSPS) is 10.9. The molecule has 0 spiro atoms. The highest BCUT2D eigenvalue weighted by atomic mass is 16.3. The van der Waals surface area contributed by atoms with Crippen molar-refractivity contribution in [2.24, 2.45) is 7.05 Å². The van der Waals surface area contributed by atoms with Crippen molar-refractivity contribution < 1.29 is 9.90 Å². The molecule has 1 rings (SSSR count). The summed E-state index contributed by atoms with van der Waals surface area (Å²) in [6.07, 6.45) is 3.29. The minimum absolute atomic E-state index is 0.0605. The molecule has 0 aromatic carbocycles. The smallest absolute Gasteiger partial charge is 0.276 e. The van der Waals surface area contributed by atoms with Gasteiger partial charge in [0.2, 0.25) is 0 Å². The third kappa shape index (κ3) is 3.01. The molecular formula is C12H22N4O2. The van der Waals surface area contributed by atoms with Gasteiger partial charge in [-0.05, 0) is 12.8 Å². The SMILES string of the molecule is CCC(CC)N(CCO)C(=O)c1nn(C)cc1N. The van der Waals surface area contributed by atoms with Gasteiger partial charge in [0.25, 0.3) is 5.91 Å². The minimum Gasteiger partial charge on any atom is -0.396 e. The van der Waals surface area contributed by atoms with Gasteiger partial charge in [-0.15, -0.1) is 0 Å². The number of aliphatic hydroxyl groups is 1. The first-order valence-corrected chi connectivity index (χ1v) is 6.26. The number of nitrogen functional groups attached to an aromatic ring is 1. The Morgan fingerprint density at radius 3 is 2.56 bits per heavy atom. The van der Waals surface area contributed by atoms with Crippen LogP contribution in [0.4, 0.5) is 5.69 Å². The van der Waals surface area contributed by atoms with Gasteiger partial charge in [0.1, 0.15) is 0 Å². The molecule has 0 fully saturated rings. The van der Waals surface area contributed by atoms with Crippen molar-refractivity contribution in [2.45, 2.75) is 32.7 Å². The van der Waals surface area contributed by atoms with E-state index >= 15 is 0 Å². The Kier molecular flexibility index (Phi) is 5.15. The molecule has 0 radical (unpaired) electrons. The van der Waals surface area contributed by atoms with Crippen LogP contribution in [0.5, 0.6) is 0 Å². The third-order valence-electron chi connectivity index (χ3n) is 3.04. The number of aryl methyl sites for hydroxylation is 1. The van der Waals surface area contributed by atoms with E-state index in [1.807, 2.05) is 13.8 Å². The number of carbonyl (C=O) groups is 1. The summed E-state index contributed by atoms with van der Waals surface area (Å²) in [5.74, 6) is -0.212. The zero-order chi connectivity index (χ0) is 13.7. The monoisotopic (exact) mass is 254 g/mol. The Labute approximate surface area is 107 Å². The van der Waals surface area contributed by atoms with Crippen LogP contribution in [0, 0.1) is 0 Å². The van der Waals surface area contributed by atoms with E-state index in [2.05, 4.69) is 5.10 Å². The molecule has 1 heterocycles. The highest BCUT2D eigenvalue weighted by molar-refractivity contribution is 5.97. The molecule has 0 aliphatic rings. The van der Waals surface area contributed by atoms with E-state index in [0.717, 1.165) is 12.8 Å². The molecule has 3 N–H and O–H groups in total. The molecule has 18 heavy (non-hydrogen) atoms. The van der Waals surface area contributed by atoms with Crippen molar-refractivity contribution in [3.8, 4) is 0 Å². The van der Waals surface area contributed by atoms with Crippen LogP contribution >= 0.6 is 0 Å². The topological polar surface area (TPSA) is 84.4 Å². The third-order valence-corrected chi connectivity index (χ3v) is 3.04. The Hall–Kier alpha value is -1.56. The standard InChI is InChI=1S/C12H22N4O2/c1-4-9(5-2)16(6-7-17)12(18)11-10(13)8-15(3)14-11/h8-9,17H,4-7,13H2,1-3H3. The number of hydrogen-bond donors (Lipinski definition) is 2. The number of amides is 1. The number of rotatable bonds is 6. The van der Waals surface area contributed by atoms with Crippen LogP contribution in [0.25, 0.3) is 0 Å². The van der Waals surface area contributed by atoms with Gasteiger partial charge >= 0.3 is 0 Å². The Morgan fingerprint density at radius 2 is 2.17 bits per heavy atom. The van der Waals surface area contributed by atoms with Gasteiger partial charge in [-0.2, -0.15) is 5.10 Å². The summed E-state index contributed by atoms with van der Waals surface area (Å²) in [6, 6.07) is 0.103. The molecule has 0 atom stereocenters. The molecule has 0 saturated carbocycles. The number of aliphatic hydroxyl groups excluding tert-OH is 1. The Morgan fingerprint density at radius 1 is 1.56 bits per heavy atom. The molecular weight excluding hydrogens is 232 g/mol. The second-order valence-electron chi connectivity index (χ2n) is 4.30. The van der Waals surface area contributed by atoms with E-state index in [1.165, 1.54) is 4.68 Å². The molecule has 102 valence electrons. The zero-order valence-electron chi connectivity index (χ0n) is 11.3. The Bertz CT molecular complexity index is 399. The Balaban J connectivity index is 2.98. The van der Waals surface area contributed by atoms with Crippen LogP contribution in [-0.4, -0.2) is 44.9 Å². The van der Waals surface area contributed by atoms with Crippen LogP contribution < -0.4 is 5.73 Å². The highest BCUT2D eigenvalue weighted by Gasteiger charge is 2.25. The van der Waals surface area contributed by atoms with Crippen molar-refractivity contribution in [3.05, 3.63) is 11.9 Å². The van der Waals surface area contributed by atoms with E-state index < -0.39 is 0 Å². The van der Waals surface area contributed by atoms with Crippen LogP contribution in [0.1, 0.15) is 37.2 Å². The first-order chi connectivity index (χ1) is 8.54. The van der Waals surface area contributed by atoms with Crippen LogP contribution in [-0.2, 0) is 7.05 Å². The fourth-order valence-corrected chi connectivity index (χ4v) is 2.10. The molecule has 1 aromatic rings. The maximum absolute atomic E-state index is 12.4. The summed E-state index contributed by atoms with van der Waals surface area (Å²) in [5.41, 5.74) is 6.40. The van der Waals surface area contributed by atoms with Gasteiger partial charge < -0.3 is 15.7 Å². The van der Waals surface area contributed by atoms with Crippen molar-refractivity contribution in [1.82, 2.24) is 14.7 Å². The molecule has 0 aliphatic heterocycles. The van der Waals surface area contributed by atoms with Gasteiger partial charge in [0.15, 0.2) is 5.69 Å². The van der Waals surface area contributed by atoms with E-state index in [4.69, 9.17) is 10.8 Å². The molecule has 0 bridgehead atoms. The number of nitrogens with zero attached hydrogens (tertiary/aromatic N) is 3. The average molecular weight is 254 g/mol. The molecule has 1 aromatic heterocycles. The van der Waals surface area contributed by atoms with Gasteiger partial charge in [-0.25, -0.2) is 0 Å². The molecule has 6 heteroatoms. The minimum atomic E-state index is -0.212. The average Bonchev–Trinajstić information content (AvgIpc) is 2.68. The molecule has 1 amide bonds. The van der Waals surface area contributed by atoms with Crippen LogP contribution in [0.15, 0.2) is 6.20 Å². The summed E-state index contributed by atoms with van der Waals surface area (Å²) >= 11 is 0. The summed E-state index contributed by atoms with van der Waals surface area (Å²) in [6.45, 7) is 4.29. The van der Waals surface area contributed by atoms with E-state index in [0.29, 0.717) is 12.2 Å². The first-order valence-electron chi connectivity index (χ1n) is 6.26. The van der Waals surface area contributed by atoms with Gasteiger partial charge in [0.05, 0.1) is 12.3 Å². The van der Waals surface area contributed by atoms with E-state index in [1.54, 1.807) is 18.1 Å². The van der Waals surface area contributed by atoms with Crippen molar-refractivity contribution in [3.63, 3.8) is 0 Å². The number of carbonyl (C=O) groups excluding carboxylic acids is 1. The van der Waals surface area contributed by atoms with E-state index in [9.17, 15) is 4.79 Å². The molecule has 0 saturated heterocycles. The van der Waals surface area contributed by atoms with Crippen molar-refractivity contribution in [1.29, 1.82) is 0 Å². The quantitative estimate of drug-likeness (QED) is 0.779. The van der Waals surface area contributed by atoms with Gasteiger partial charge in [-0.1, -0.05) is 13.8 Å². The zero-order valence-corrected chi connectivity index (χ0v) is 11.3. The summed E-state index contributed by atoms with van der Waals surface area (Å²) < 4.78 is 1.52. The predicted octanol–water partition coefficient (Wildman–Crippen LogP) is 0.625. The fourth-order valence-electron chi connectivity index (χ4n) is 2.10. The lowest BCUT2D eigenvalue weighted by molar-refractivity contribution is 0.0616. The molecule has 0 aliphatic carbocycles. The largest absolute Gasteiger partial charge is 0.396 e. The van der Waals surface area contributed by atoms with Crippen LogP contribution in [0.2, 0.25) is 0 Å². The van der Waals surface area contributed by atoms with Gasteiger partial charge in [0, 0.05) is 25.8 Å². The maximum Gasteiger partial charge on any atom is 0.276 e. The number of aromatic nitrogens is 2. The second kappa shape index (κ2) is 6.39. The summed E-state index contributed by atoms with van der Waals surface area (Å²) in [4.78, 5) is 14.0. The number of hydrogen-bond acceptors (Lipinski definition) is 4. The molecule has 6 nitrogen and oxygen atoms in total. The highest BCUT2D eigenvalue weighted by Crippen LogP contribution is 2.16. The lowest BCUT2D eigenvalue weighted by atomic mass is 10.1. The maximum atomic E-state index is 12.4. The molecule has 0 unspecified atom stereocenters. The van der Waals surface area contributed by atoms with E-state index in [-0.39, 0.29) is 24.2 Å². The lowest BCUT2D eigenvalue weighted by Gasteiger charge is -2.29. The predicted molar refractivity (Wildman–Crippen MR) is 70.1 cm³/mol. The summed E-state index contributed by atoms with van der Waals surface area (Å²) in [7, 11) is 1.72.